The van der Waals surface area contributed by atoms with Crippen molar-refractivity contribution < 1.29 is 0 Å². The zero-order valence-corrected chi connectivity index (χ0v) is 20.1. The van der Waals surface area contributed by atoms with Gasteiger partial charge < -0.3 is 16.0 Å². The van der Waals surface area contributed by atoms with Crippen LogP contribution in [0.15, 0.2) is 33.9 Å². The Hall–Kier alpha value is -3.68. The number of nitrogens with zero attached hydrogens (tertiary/aromatic N) is 5. The maximum Gasteiger partial charge on any atom is 0.332 e. The third-order valence-corrected chi connectivity index (χ3v) is 5.68. The standard InChI is InChI=1S/C24H30N8O2/c1-6-7-12-31-19-20(29-22(31)26-14-24(3,4)25)30(5)23(34)32(21(19)33)13-18-16-10-8-9-11-17(16)27-15(2)28-18/h8-11,22,26,29H,12-14,25H2,1-5H3. The van der Waals surface area contributed by atoms with Gasteiger partial charge in [0.15, 0.2) is 6.29 Å². The SMILES string of the molecule is CC#CCN1c2c(n(C)c(=O)n(Cc3nc(C)nc4ccccc34)c2=O)NC1NCC(C)(C)N. The van der Waals surface area contributed by atoms with Gasteiger partial charge in [-0.3, -0.25) is 19.2 Å². The summed E-state index contributed by atoms with van der Waals surface area (Å²) >= 11 is 0. The zero-order valence-electron chi connectivity index (χ0n) is 20.1. The fourth-order valence-electron chi connectivity index (χ4n) is 4.05. The summed E-state index contributed by atoms with van der Waals surface area (Å²) in [6.45, 7) is 8.19. The average Bonchev–Trinajstić information content (AvgIpc) is 3.15. The summed E-state index contributed by atoms with van der Waals surface area (Å²) in [6, 6.07) is 7.57. The van der Waals surface area contributed by atoms with Gasteiger partial charge in [-0.2, -0.15) is 0 Å². The first kappa shape index (κ1) is 23.5. The lowest BCUT2D eigenvalue weighted by molar-refractivity contribution is 0.432. The fourth-order valence-corrected chi connectivity index (χ4v) is 4.05. The van der Waals surface area contributed by atoms with Crippen LogP contribution in [0.4, 0.5) is 11.5 Å². The molecule has 178 valence electrons. The Morgan fingerprint density at radius 2 is 1.97 bits per heavy atom. The molecule has 0 saturated heterocycles. The van der Waals surface area contributed by atoms with E-state index in [-0.39, 0.29) is 6.54 Å². The maximum atomic E-state index is 13.7. The first-order chi connectivity index (χ1) is 16.1. The quantitative estimate of drug-likeness (QED) is 0.458. The van der Waals surface area contributed by atoms with Crippen molar-refractivity contribution >= 4 is 22.4 Å². The molecule has 0 amide bonds. The number of nitrogens with two attached hydrogens (primary N) is 1. The van der Waals surface area contributed by atoms with Crippen LogP contribution in [-0.4, -0.2) is 44.0 Å². The lowest BCUT2D eigenvalue weighted by Crippen LogP contribution is -2.54. The second-order valence-corrected chi connectivity index (χ2v) is 9.14. The molecule has 0 saturated carbocycles. The predicted molar refractivity (Wildman–Crippen MR) is 134 cm³/mol. The highest BCUT2D eigenvalue weighted by molar-refractivity contribution is 5.81. The summed E-state index contributed by atoms with van der Waals surface area (Å²) in [4.78, 5) is 37.8. The van der Waals surface area contributed by atoms with Gasteiger partial charge in [0.05, 0.1) is 24.3 Å². The molecular weight excluding hydrogens is 432 g/mol. The smallest absolute Gasteiger partial charge is 0.332 e. The van der Waals surface area contributed by atoms with E-state index in [0.717, 1.165) is 10.9 Å². The summed E-state index contributed by atoms with van der Waals surface area (Å²) in [5, 5.41) is 7.41. The Balaban J connectivity index is 1.82. The van der Waals surface area contributed by atoms with Crippen LogP contribution in [0.1, 0.15) is 32.3 Å². The van der Waals surface area contributed by atoms with Gasteiger partial charge in [0, 0.05) is 24.5 Å². The molecule has 34 heavy (non-hydrogen) atoms. The summed E-state index contributed by atoms with van der Waals surface area (Å²) in [6.07, 6.45) is -0.435. The molecule has 0 spiro atoms. The molecule has 4 rings (SSSR count). The Morgan fingerprint density at radius 1 is 1.24 bits per heavy atom. The minimum absolute atomic E-state index is 0.0316. The second-order valence-electron chi connectivity index (χ2n) is 9.14. The van der Waals surface area contributed by atoms with E-state index in [1.165, 1.54) is 9.13 Å². The number of anilines is 2. The number of hydrogen-bond donors (Lipinski definition) is 3. The highest BCUT2D eigenvalue weighted by atomic mass is 16.2. The molecule has 0 fully saturated rings. The zero-order chi connectivity index (χ0) is 24.6. The van der Waals surface area contributed by atoms with E-state index in [0.29, 0.717) is 36.1 Å². The second kappa shape index (κ2) is 8.93. The minimum Gasteiger partial charge on any atom is -0.337 e. The van der Waals surface area contributed by atoms with Crippen LogP contribution in [0.25, 0.3) is 10.9 Å². The first-order valence-corrected chi connectivity index (χ1v) is 11.1. The van der Waals surface area contributed by atoms with Crippen molar-refractivity contribution in [1.29, 1.82) is 0 Å². The van der Waals surface area contributed by atoms with Gasteiger partial charge in [0.2, 0.25) is 0 Å². The van der Waals surface area contributed by atoms with Gasteiger partial charge in [-0.25, -0.2) is 14.8 Å². The van der Waals surface area contributed by atoms with Crippen LogP contribution in [0.3, 0.4) is 0 Å². The van der Waals surface area contributed by atoms with Crippen molar-refractivity contribution in [3.8, 4) is 11.8 Å². The average molecular weight is 463 g/mol. The van der Waals surface area contributed by atoms with Crippen molar-refractivity contribution in [2.45, 2.75) is 46.1 Å². The number of fused-ring (bicyclic) bond motifs is 2. The van der Waals surface area contributed by atoms with Gasteiger partial charge in [0.25, 0.3) is 5.56 Å². The molecule has 4 N–H and O–H groups in total. The van der Waals surface area contributed by atoms with E-state index in [2.05, 4.69) is 32.4 Å². The van der Waals surface area contributed by atoms with Crippen LogP contribution in [0, 0.1) is 18.8 Å². The van der Waals surface area contributed by atoms with Gasteiger partial charge in [-0.1, -0.05) is 24.1 Å². The summed E-state index contributed by atoms with van der Waals surface area (Å²) in [5.74, 6) is 6.93. The lowest BCUT2D eigenvalue weighted by Gasteiger charge is -2.28. The number of rotatable bonds is 6. The number of nitrogens with one attached hydrogen (secondary N) is 2. The molecule has 1 aliphatic rings. The largest absolute Gasteiger partial charge is 0.337 e. The van der Waals surface area contributed by atoms with Crippen molar-refractivity contribution in [3.05, 3.63) is 56.6 Å². The van der Waals surface area contributed by atoms with E-state index in [1.807, 2.05) is 43.0 Å². The molecule has 1 unspecified atom stereocenters. The van der Waals surface area contributed by atoms with E-state index in [4.69, 9.17) is 5.73 Å². The highest BCUT2D eigenvalue weighted by Crippen LogP contribution is 2.29. The van der Waals surface area contributed by atoms with E-state index in [1.54, 1.807) is 20.9 Å². The molecule has 3 aromatic rings. The Bertz CT molecular complexity index is 1420. The van der Waals surface area contributed by atoms with Gasteiger partial charge in [0.1, 0.15) is 17.3 Å². The van der Waals surface area contributed by atoms with Gasteiger partial charge in [-0.15, -0.1) is 5.92 Å². The number of hydrogen-bond acceptors (Lipinski definition) is 8. The molecule has 10 nitrogen and oxygen atoms in total. The van der Waals surface area contributed by atoms with Crippen LogP contribution in [-0.2, 0) is 13.6 Å². The normalized spacial score (nSPS) is 15.1. The lowest BCUT2D eigenvalue weighted by atomic mass is 10.1. The van der Waals surface area contributed by atoms with Gasteiger partial charge in [-0.05, 0) is 33.8 Å². The molecule has 0 radical (unpaired) electrons. The molecule has 10 heteroatoms. The topological polar surface area (TPSA) is 123 Å². The van der Waals surface area contributed by atoms with Crippen molar-refractivity contribution in [3.63, 3.8) is 0 Å². The summed E-state index contributed by atoms with van der Waals surface area (Å²) < 4.78 is 2.67. The van der Waals surface area contributed by atoms with E-state index >= 15 is 0 Å². The van der Waals surface area contributed by atoms with E-state index in [9.17, 15) is 9.59 Å². The number of para-hydroxylation sites is 1. The summed E-state index contributed by atoms with van der Waals surface area (Å²) in [7, 11) is 1.65. The Morgan fingerprint density at radius 3 is 2.68 bits per heavy atom. The third-order valence-electron chi connectivity index (χ3n) is 5.68. The van der Waals surface area contributed by atoms with Crippen molar-refractivity contribution in [2.24, 2.45) is 12.8 Å². The van der Waals surface area contributed by atoms with Crippen LogP contribution < -0.4 is 32.5 Å². The fraction of sp³-hybridized carbons (Fsp3) is 0.417. The van der Waals surface area contributed by atoms with Crippen molar-refractivity contribution in [2.75, 3.05) is 23.3 Å². The van der Waals surface area contributed by atoms with Crippen molar-refractivity contribution in [1.82, 2.24) is 24.4 Å². The molecular formula is C24H30N8O2. The summed E-state index contributed by atoms with van der Waals surface area (Å²) in [5.41, 5.74) is 6.62. The highest BCUT2D eigenvalue weighted by Gasteiger charge is 2.35. The molecule has 3 heterocycles. The number of aromatic nitrogens is 4. The number of benzene rings is 1. The number of aryl methyl sites for hydroxylation is 1. The Kier molecular flexibility index (Phi) is 6.17. The molecule has 1 aliphatic heterocycles. The van der Waals surface area contributed by atoms with Crippen LogP contribution in [0.2, 0.25) is 0 Å². The molecule has 1 aromatic carbocycles. The molecule has 1 atom stereocenters. The third kappa shape index (κ3) is 4.40. The molecule has 0 bridgehead atoms. The monoisotopic (exact) mass is 462 g/mol. The Labute approximate surface area is 197 Å². The predicted octanol–water partition coefficient (Wildman–Crippen LogP) is 0.713. The van der Waals surface area contributed by atoms with E-state index < -0.39 is 23.1 Å². The first-order valence-electron chi connectivity index (χ1n) is 11.1. The van der Waals surface area contributed by atoms with Crippen LogP contribution >= 0.6 is 0 Å². The molecule has 0 aliphatic carbocycles. The van der Waals surface area contributed by atoms with Crippen LogP contribution in [0.5, 0.6) is 0 Å². The minimum atomic E-state index is -0.462. The molecule has 2 aromatic heterocycles. The maximum absolute atomic E-state index is 13.7. The van der Waals surface area contributed by atoms with Gasteiger partial charge >= 0.3 is 5.69 Å².